The van der Waals surface area contributed by atoms with Gasteiger partial charge in [0.1, 0.15) is 5.75 Å². The highest BCUT2D eigenvalue weighted by molar-refractivity contribution is 5.64. The monoisotopic (exact) mass is 269 g/mol. The summed E-state index contributed by atoms with van der Waals surface area (Å²) in [5, 5.41) is 10.8. The smallest absolute Gasteiger partial charge is 0.307 e. The first kappa shape index (κ1) is 13.5. The molecule has 1 aliphatic heterocycles. The maximum Gasteiger partial charge on any atom is 0.307 e. The molecule has 1 aliphatic rings. The van der Waals surface area contributed by atoms with Crippen LogP contribution in [0.1, 0.15) is 0 Å². The Morgan fingerprint density at radius 1 is 1.32 bits per heavy atom. The van der Waals surface area contributed by atoms with Gasteiger partial charge in [0.15, 0.2) is 0 Å². The summed E-state index contributed by atoms with van der Waals surface area (Å²) in [6.07, 6.45) is 0. The minimum absolute atomic E-state index is 0.327. The summed E-state index contributed by atoms with van der Waals surface area (Å²) in [5.74, 6) is -0.549. The number of nitrogens with zero attached hydrogens (tertiary/aromatic N) is 3. The standard InChI is InChI=1S/C12H16FN3O3/c1-14-3-5-15(6-4-14)11-8-10(16(17)18)9(13)7-12(11)19-2/h7-8H,3-6H2,1-2H3. The molecule has 1 heterocycles. The van der Waals surface area contributed by atoms with Crippen LogP contribution < -0.4 is 9.64 Å². The molecule has 1 fully saturated rings. The number of hydrogen-bond acceptors (Lipinski definition) is 5. The van der Waals surface area contributed by atoms with Gasteiger partial charge in [0.25, 0.3) is 0 Å². The van der Waals surface area contributed by atoms with Crippen molar-refractivity contribution in [3.05, 3.63) is 28.1 Å². The zero-order chi connectivity index (χ0) is 14.0. The van der Waals surface area contributed by atoms with Crippen molar-refractivity contribution in [2.75, 3.05) is 45.2 Å². The molecule has 0 amide bonds. The second-order valence-electron chi connectivity index (χ2n) is 4.52. The highest BCUT2D eigenvalue weighted by Crippen LogP contribution is 2.34. The van der Waals surface area contributed by atoms with Gasteiger partial charge in [-0.2, -0.15) is 4.39 Å². The SMILES string of the molecule is COc1cc(F)c([N+](=O)[O-])cc1N1CCN(C)CC1. The van der Waals surface area contributed by atoms with E-state index >= 15 is 0 Å². The summed E-state index contributed by atoms with van der Waals surface area (Å²) in [6.45, 7) is 3.17. The lowest BCUT2D eigenvalue weighted by molar-refractivity contribution is -0.387. The summed E-state index contributed by atoms with van der Waals surface area (Å²) in [4.78, 5) is 14.2. The van der Waals surface area contributed by atoms with E-state index in [4.69, 9.17) is 4.74 Å². The number of nitro benzene ring substituents is 1. The number of benzene rings is 1. The minimum Gasteiger partial charge on any atom is -0.494 e. The Morgan fingerprint density at radius 2 is 1.95 bits per heavy atom. The third kappa shape index (κ3) is 2.76. The van der Waals surface area contributed by atoms with Crippen molar-refractivity contribution in [3.63, 3.8) is 0 Å². The van der Waals surface area contributed by atoms with E-state index in [0.717, 1.165) is 32.2 Å². The normalized spacial score (nSPS) is 16.5. The molecular formula is C12H16FN3O3. The number of halogens is 1. The van der Waals surface area contributed by atoms with Crippen LogP contribution in [0.4, 0.5) is 15.8 Å². The van der Waals surface area contributed by atoms with Crippen molar-refractivity contribution in [2.45, 2.75) is 0 Å². The molecule has 6 nitrogen and oxygen atoms in total. The highest BCUT2D eigenvalue weighted by atomic mass is 19.1. The van der Waals surface area contributed by atoms with Crippen LogP contribution in [0.25, 0.3) is 0 Å². The van der Waals surface area contributed by atoms with Crippen molar-refractivity contribution in [3.8, 4) is 5.75 Å². The zero-order valence-corrected chi connectivity index (χ0v) is 10.9. The summed E-state index contributed by atoms with van der Waals surface area (Å²) in [7, 11) is 3.45. The second-order valence-corrected chi connectivity index (χ2v) is 4.52. The third-order valence-electron chi connectivity index (χ3n) is 3.29. The van der Waals surface area contributed by atoms with Crippen molar-refractivity contribution in [2.24, 2.45) is 0 Å². The highest BCUT2D eigenvalue weighted by Gasteiger charge is 2.24. The Bertz CT molecular complexity index is 487. The number of methoxy groups -OCH3 is 1. The minimum atomic E-state index is -0.875. The van der Waals surface area contributed by atoms with Crippen LogP contribution in [0.2, 0.25) is 0 Å². The lowest BCUT2D eigenvalue weighted by Crippen LogP contribution is -2.44. The molecule has 1 aromatic carbocycles. The fourth-order valence-corrected chi connectivity index (χ4v) is 2.13. The van der Waals surface area contributed by atoms with Gasteiger partial charge in [0, 0.05) is 38.3 Å². The van der Waals surface area contributed by atoms with Crippen LogP contribution in [0.3, 0.4) is 0 Å². The van der Waals surface area contributed by atoms with E-state index in [-0.39, 0.29) is 0 Å². The molecule has 1 saturated heterocycles. The van der Waals surface area contributed by atoms with E-state index < -0.39 is 16.4 Å². The predicted molar refractivity (Wildman–Crippen MR) is 69.3 cm³/mol. The van der Waals surface area contributed by atoms with Gasteiger partial charge in [-0.3, -0.25) is 10.1 Å². The van der Waals surface area contributed by atoms with Crippen LogP contribution in [-0.2, 0) is 0 Å². The van der Waals surface area contributed by atoms with Crippen LogP contribution in [-0.4, -0.2) is 50.2 Å². The fraction of sp³-hybridized carbons (Fsp3) is 0.500. The molecule has 104 valence electrons. The molecule has 0 aromatic heterocycles. The van der Waals surface area contributed by atoms with Crippen LogP contribution in [0, 0.1) is 15.9 Å². The lowest BCUT2D eigenvalue weighted by atomic mass is 10.2. The summed E-state index contributed by atoms with van der Waals surface area (Å²) < 4.78 is 18.7. The average Bonchev–Trinajstić information content (AvgIpc) is 2.39. The third-order valence-corrected chi connectivity index (χ3v) is 3.29. The van der Waals surface area contributed by atoms with Crippen LogP contribution in [0.5, 0.6) is 5.75 Å². The molecule has 0 aliphatic carbocycles. The molecule has 0 saturated carbocycles. The van der Waals surface area contributed by atoms with Crippen LogP contribution >= 0.6 is 0 Å². The number of ether oxygens (including phenoxy) is 1. The van der Waals surface area contributed by atoms with Crippen molar-refractivity contribution in [1.29, 1.82) is 0 Å². The number of anilines is 1. The van der Waals surface area contributed by atoms with Crippen molar-refractivity contribution in [1.82, 2.24) is 4.90 Å². The first-order valence-electron chi connectivity index (χ1n) is 5.98. The van der Waals surface area contributed by atoms with Gasteiger partial charge in [-0.1, -0.05) is 0 Å². The zero-order valence-electron chi connectivity index (χ0n) is 10.9. The number of piperazine rings is 1. The van der Waals surface area contributed by atoms with Gasteiger partial charge < -0.3 is 14.5 Å². The largest absolute Gasteiger partial charge is 0.494 e. The Kier molecular flexibility index (Phi) is 3.84. The van der Waals surface area contributed by atoms with Crippen LogP contribution in [0.15, 0.2) is 12.1 Å². The van der Waals surface area contributed by atoms with E-state index in [9.17, 15) is 14.5 Å². The van der Waals surface area contributed by atoms with Gasteiger partial charge in [-0.15, -0.1) is 0 Å². The number of rotatable bonds is 3. The molecule has 1 aromatic rings. The topological polar surface area (TPSA) is 58.9 Å². The van der Waals surface area contributed by atoms with Gasteiger partial charge in [-0.05, 0) is 7.05 Å². The van der Waals surface area contributed by atoms with Gasteiger partial charge in [0.05, 0.1) is 17.7 Å². The first-order chi connectivity index (χ1) is 9.02. The fourth-order valence-electron chi connectivity index (χ4n) is 2.13. The summed E-state index contributed by atoms with van der Waals surface area (Å²) in [5.41, 5.74) is 0.0541. The quantitative estimate of drug-likeness (QED) is 0.614. The molecule has 0 radical (unpaired) electrons. The number of nitro groups is 1. The maximum absolute atomic E-state index is 13.5. The van der Waals surface area contributed by atoms with Gasteiger partial charge in [0.2, 0.25) is 5.82 Å². The molecule has 2 rings (SSSR count). The Hall–Kier alpha value is -1.89. The summed E-state index contributed by atoms with van der Waals surface area (Å²) >= 11 is 0. The molecule has 0 bridgehead atoms. The van der Waals surface area contributed by atoms with E-state index in [0.29, 0.717) is 11.4 Å². The molecule has 7 heteroatoms. The van der Waals surface area contributed by atoms with Gasteiger partial charge >= 0.3 is 5.69 Å². The number of likely N-dealkylation sites (N-methyl/N-ethyl adjacent to an activating group) is 1. The molecule has 0 unspecified atom stereocenters. The molecular weight excluding hydrogens is 253 g/mol. The second kappa shape index (κ2) is 5.40. The van der Waals surface area contributed by atoms with E-state index in [2.05, 4.69) is 4.90 Å². The Morgan fingerprint density at radius 3 is 2.47 bits per heavy atom. The Labute approximate surface area is 110 Å². The maximum atomic E-state index is 13.5. The summed E-state index contributed by atoms with van der Waals surface area (Å²) in [6, 6.07) is 2.32. The van der Waals surface area contributed by atoms with Crippen molar-refractivity contribution < 1.29 is 14.1 Å². The Balaban J connectivity index is 2.37. The number of hydrogen-bond donors (Lipinski definition) is 0. The lowest BCUT2D eigenvalue weighted by Gasteiger charge is -2.34. The first-order valence-corrected chi connectivity index (χ1v) is 5.98. The molecule has 0 spiro atoms. The molecule has 0 atom stereocenters. The molecule has 0 N–H and O–H groups in total. The molecule has 19 heavy (non-hydrogen) atoms. The predicted octanol–water partition coefficient (Wildman–Crippen LogP) is 1.49. The van der Waals surface area contributed by atoms with E-state index in [1.807, 2.05) is 11.9 Å². The van der Waals surface area contributed by atoms with E-state index in [1.165, 1.54) is 13.2 Å². The van der Waals surface area contributed by atoms with Gasteiger partial charge in [-0.25, -0.2) is 0 Å². The average molecular weight is 269 g/mol. The van der Waals surface area contributed by atoms with E-state index in [1.54, 1.807) is 0 Å². The van der Waals surface area contributed by atoms with Crippen molar-refractivity contribution >= 4 is 11.4 Å².